The Bertz CT molecular complexity index is 7400. The third-order valence-electron chi connectivity index (χ3n) is 22.4. The number of benzene rings is 8. The molecule has 0 saturated heterocycles. The van der Waals surface area contributed by atoms with E-state index in [2.05, 4.69) is 209 Å². The van der Waals surface area contributed by atoms with E-state index >= 15 is 0 Å². The summed E-state index contributed by atoms with van der Waals surface area (Å²) in [6, 6.07) is 68.3. The molecule has 1 fully saturated rings. The highest BCUT2D eigenvalue weighted by Crippen LogP contribution is 2.43. The fraction of sp³-hybridized carbons (Fsp3) is 0.192. The highest BCUT2D eigenvalue weighted by Gasteiger charge is 2.26. The average molecular weight is 1460 g/mol. The van der Waals surface area contributed by atoms with E-state index in [1.165, 1.54) is 63.3 Å². The molecular formula is C99H88N8O4+4. The van der Waals surface area contributed by atoms with Gasteiger partial charge in [-0.15, -0.1) is 0 Å². The molecule has 1 unspecified atom stereocenters. The zero-order valence-corrected chi connectivity index (χ0v) is 64.0. The van der Waals surface area contributed by atoms with E-state index < -0.39 is 19.1 Å². The van der Waals surface area contributed by atoms with Crippen LogP contribution in [0.25, 0.3) is 176 Å². The Morgan fingerprint density at radius 1 is 0.378 bits per heavy atom. The van der Waals surface area contributed by atoms with Gasteiger partial charge in [-0.05, 0) is 168 Å². The van der Waals surface area contributed by atoms with Crippen LogP contribution in [0.2, 0.25) is 0 Å². The fourth-order valence-corrected chi connectivity index (χ4v) is 16.5. The van der Waals surface area contributed by atoms with Crippen LogP contribution in [0.4, 0.5) is 0 Å². The minimum Gasteiger partial charge on any atom is -0.438 e. The second-order valence-corrected chi connectivity index (χ2v) is 30.0. The number of pyridine rings is 8. The lowest BCUT2D eigenvalue weighted by Gasteiger charge is -2.21. The summed E-state index contributed by atoms with van der Waals surface area (Å²) in [5.41, 5.74) is 21.6. The van der Waals surface area contributed by atoms with Crippen molar-refractivity contribution in [2.75, 3.05) is 0 Å². The van der Waals surface area contributed by atoms with Crippen molar-refractivity contribution in [3.05, 3.63) is 289 Å². The fourth-order valence-electron chi connectivity index (χ4n) is 16.5. The summed E-state index contributed by atoms with van der Waals surface area (Å²) in [6.07, 6.45) is 19.5. The predicted molar refractivity (Wildman–Crippen MR) is 451 cm³/mol. The molecule has 12 nitrogen and oxygen atoms in total. The van der Waals surface area contributed by atoms with Crippen LogP contribution in [-0.2, 0) is 34.6 Å². The van der Waals surface area contributed by atoms with Crippen molar-refractivity contribution < 1.29 is 44.2 Å². The van der Waals surface area contributed by atoms with Crippen LogP contribution in [0.15, 0.2) is 267 Å². The van der Waals surface area contributed by atoms with Gasteiger partial charge in [0.25, 0.3) is 0 Å². The molecule has 0 radical (unpaired) electrons. The lowest BCUT2D eigenvalue weighted by Crippen LogP contribution is -2.31. The largest absolute Gasteiger partial charge is 0.438 e. The Balaban J connectivity index is 0.000000108. The Labute approximate surface area is 652 Å². The minimum absolute atomic E-state index is 0.0834. The molecule has 0 aliphatic heterocycles. The Hall–Kier alpha value is -12.8. The van der Waals surface area contributed by atoms with Crippen LogP contribution >= 0.6 is 0 Å². The molecule has 1 atom stereocenters. The Morgan fingerprint density at radius 3 is 1.21 bits per heavy atom. The molecule has 12 heterocycles. The van der Waals surface area contributed by atoms with Crippen molar-refractivity contribution in [1.29, 1.82) is 0 Å². The van der Waals surface area contributed by atoms with Crippen molar-refractivity contribution in [2.45, 2.75) is 92.8 Å². The van der Waals surface area contributed by atoms with Gasteiger partial charge in [0.15, 0.2) is 24.8 Å². The molecular weight excluding hydrogens is 1370 g/mol. The molecule has 0 N–H and O–H groups in total. The number of aryl methyl sites for hydroxylation is 9. The summed E-state index contributed by atoms with van der Waals surface area (Å²) in [6.45, 7) is 9.52. The van der Waals surface area contributed by atoms with Gasteiger partial charge in [-0.1, -0.05) is 143 Å². The number of hydrogen-bond acceptors (Lipinski definition) is 8. The van der Waals surface area contributed by atoms with Gasteiger partial charge < -0.3 is 17.7 Å². The topological polar surface area (TPSA) is 120 Å². The van der Waals surface area contributed by atoms with E-state index in [9.17, 15) is 0 Å². The van der Waals surface area contributed by atoms with E-state index in [4.69, 9.17) is 25.9 Å². The highest BCUT2D eigenvalue weighted by molar-refractivity contribution is 6.21. The molecule has 12 aromatic heterocycles. The second kappa shape index (κ2) is 28.6. The van der Waals surface area contributed by atoms with Gasteiger partial charge >= 0.3 is 0 Å². The van der Waals surface area contributed by atoms with Crippen LogP contribution in [0.5, 0.6) is 0 Å². The van der Waals surface area contributed by atoms with Gasteiger partial charge in [0.2, 0.25) is 45.6 Å². The number of aromatic nitrogens is 8. The van der Waals surface area contributed by atoms with Gasteiger partial charge in [-0.2, -0.15) is 0 Å². The first kappa shape index (κ1) is 63.2. The van der Waals surface area contributed by atoms with Crippen LogP contribution in [0.1, 0.15) is 98.9 Å². The molecule has 0 bridgehead atoms. The van der Waals surface area contributed by atoms with E-state index in [1.54, 1.807) is 6.07 Å². The summed E-state index contributed by atoms with van der Waals surface area (Å²) in [4.78, 5) is 18.1. The summed E-state index contributed by atoms with van der Waals surface area (Å²) >= 11 is 0. The van der Waals surface area contributed by atoms with Crippen molar-refractivity contribution in [3.8, 4) is 45.0 Å². The third kappa shape index (κ3) is 12.9. The molecule has 111 heavy (non-hydrogen) atoms. The maximum atomic E-state index is 8.96. The quantitative estimate of drug-likeness (QED) is 0.145. The molecule has 0 spiro atoms. The summed E-state index contributed by atoms with van der Waals surface area (Å²) in [5.74, 6) is -1.63. The second-order valence-electron chi connectivity index (χ2n) is 30.0. The number of fused-ring (bicyclic) bond motifs is 20. The first-order valence-corrected chi connectivity index (χ1v) is 38.1. The van der Waals surface area contributed by atoms with Crippen molar-refractivity contribution in [2.24, 2.45) is 34.1 Å². The average Bonchev–Trinajstić information content (AvgIpc) is 1.63. The predicted octanol–water partition coefficient (Wildman–Crippen LogP) is 23.3. The summed E-state index contributed by atoms with van der Waals surface area (Å²) in [5, 5.41) is 17.4. The van der Waals surface area contributed by atoms with Crippen molar-refractivity contribution in [3.63, 3.8) is 0 Å². The number of rotatable bonds is 7. The van der Waals surface area contributed by atoms with Crippen LogP contribution in [0.3, 0.4) is 0 Å². The molecule has 1 aliphatic rings. The third-order valence-corrected chi connectivity index (χ3v) is 22.4. The molecule has 1 saturated carbocycles. The SMILES string of the molecule is Cc1cc2oc3ncc4ccccc4c3c2cc1-c1cccc[n+]1C.Cc1cc[n+](C)c(-c2cc3c(cc2C)oc2ncc4ccccc4c23)c1.[2H]C([2H])([2H])C([2H])(C)c1cc[n+](C)c(-c2cc3c(cc2C)oc2ncc4ccccc4c23)c1.[2H]C([2H])(c1cc[n+](C)c(-c2cc3oc4ncc5ccccc5c4c3cc2C)c1)C1CCCCC1. The first-order chi connectivity index (χ1) is 56.3. The van der Waals surface area contributed by atoms with Crippen molar-refractivity contribution >= 4 is 131 Å². The number of furan rings is 4. The maximum Gasteiger partial charge on any atom is 0.227 e. The maximum absolute atomic E-state index is 8.96. The normalized spacial score (nSPS) is 14.3. The standard InChI is InChI=1S/C29H29N2O.C25H23N2O.C23H19N2O.C22H17N2O/c1-19-14-25-27(32-29-28(25)23-11-7-6-10-22(23)18-30-29)17-24(19)26-16-21(12-13-31(26)2)15-20-8-4-3-5-9-20;1-15(2)17-9-10-27(4)22(12-17)20-13-21-23(11-16(20)3)28-25-24(21)19-8-6-5-7-18(19)14-26-25;1-14-8-9-25(3)20(10-14)18-12-19-21(11-15(18)2)26-23-22(19)17-7-5-4-6-16(17)13-24-23;1-14-11-20-18(12-17(14)19-9-5-6-10-24(19)2)21-16-8-4-3-7-15(16)13-23-22(21)25-20/h6-7,10-14,16-18,20H,3-5,8-9,15H2,1-2H3;5-15H,1-4H3;4-13H,1-3H3;3-13H,1-2H3/q4*+1/i15D2;1D3,15D;;. The molecule has 12 heteroatoms. The van der Waals surface area contributed by atoms with E-state index in [0.717, 1.165) is 163 Å². The molecule has 1 aliphatic carbocycles. The Morgan fingerprint density at radius 2 is 0.748 bits per heavy atom. The van der Waals surface area contributed by atoms with E-state index in [0.29, 0.717) is 28.4 Å². The molecule has 544 valence electrons. The van der Waals surface area contributed by atoms with Crippen LogP contribution < -0.4 is 18.3 Å². The zero-order chi connectivity index (χ0) is 81.1. The summed E-state index contributed by atoms with van der Waals surface area (Å²) in [7, 11) is 8.10. The molecule has 20 aromatic rings. The molecule has 21 rings (SSSR count). The van der Waals surface area contributed by atoms with E-state index in [1.807, 2.05) is 136 Å². The van der Waals surface area contributed by atoms with Gasteiger partial charge in [0.1, 0.15) is 50.5 Å². The minimum atomic E-state index is -2.44. The molecule has 0 amide bonds. The zero-order valence-electron chi connectivity index (χ0n) is 70.0. The number of nitrogens with zero attached hydrogens (tertiary/aromatic N) is 8. The Kier molecular flexibility index (Phi) is 16.3. The number of hydrogen-bond donors (Lipinski definition) is 0. The molecule has 8 aromatic carbocycles. The van der Waals surface area contributed by atoms with Crippen LogP contribution in [-0.4, -0.2) is 19.9 Å². The van der Waals surface area contributed by atoms with Crippen LogP contribution in [0, 0.1) is 40.5 Å². The van der Waals surface area contributed by atoms with Gasteiger partial charge in [0.05, 0.1) is 27.1 Å². The monoisotopic (exact) mass is 1460 g/mol. The summed E-state index contributed by atoms with van der Waals surface area (Å²) < 4.78 is 82.6. The first-order valence-electron chi connectivity index (χ1n) is 41.1. The van der Waals surface area contributed by atoms with Gasteiger partial charge in [0, 0.05) is 141 Å². The van der Waals surface area contributed by atoms with Gasteiger partial charge in [-0.25, -0.2) is 38.2 Å². The van der Waals surface area contributed by atoms with Gasteiger partial charge in [-0.3, -0.25) is 0 Å². The van der Waals surface area contributed by atoms with E-state index in [-0.39, 0.29) is 5.92 Å². The smallest absolute Gasteiger partial charge is 0.227 e. The van der Waals surface area contributed by atoms with Crippen molar-refractivity contribution in [1.82, 2.24) is 19.9 Å². The highest BCUT2D eigenvalue weighted by atomic mass is 16.4. The lowest BCUT2D eigenvalue weighted by atomic mass is 9.85. The lowest BCUT2D eigenvalue weighted by molar-refractivity contribution is -0.660.